The summed E-state index contributed by atoms with van der Waals surface area (Å²) in [6.07, 6.45) is 3.24. The Morgan fingerprint density at radius 1 is 1.04 bits per heavy atom. The van der Waals surface area contributed by atoms with Crippen molar-refractivity contribution in [3.63, 3.8) is 0 Å². The van der Waals surface area contributed by atoms with Crippen molar-refractivity contribution in [2.45, 2.75) is 39.4 Å². The Labute approximate surface area is 165 Å². The smallest absolute Gasteiger partial charge is 0.269 e. The first kappa shape index (κ1) is 18.4. The van der Waals surface area contributed by atoms with E-state index < -0.39 is 0 Å². The predicted molar refractivity (Wildman–Crippen MR) is 110 cm³/mol. The zero-order valence-electron chi connectivity index (χ0n) is 16.3. The summed E-state index contributed by atoms with van der Waals surface area (Å²) in [5.74, 6) is 0. The molecule has 2 aromatic carbocycles. The number of aryl methyl sites for hydroxylation is 3. The van der Waals surface area contributed by atoms with Crippen LogP contribution in [0.25, 0.3) is 0 Å². The van der Waals surface area contributed by atoms with Crippen LogP contribution in [0.2, 0.25) is 0 Å². The Balaban J connectivity index is 1.71. The molecule has 0 bridgehead atoms. The minimum Gasteiger partial charge on any atom is -0.350 e. The third-order valence-electron chi connectivity index (χ3n) is 5.73. The van der Waals surface area contributed by atoms with E-state index in [9.17, 15) is 10.1 Å². The predicted octanol–water partition coefficient (Wildman–Crippen LogP) is 5.01. The molecule has 0 spiro atoms. The van der Waals surface area contributed by atoms with Gasteiger partial charge in [0.2, 0.25) is 0 Å². The summed E-state index contributed by atoms with van der Waals surface area (Å²) in [5, 5.41) is 10.9. The largest absolute Gasteiger partial charge is 0.350 e. The van der Waals surface area contributed by atoms with E-state index in [2.05, 4.69) is 59.8 Å². The molecule has 28 heavy (non-hydrogen) atoms. The lowest BCUT2D eigenvalue weighted by atomic mass is 9.97. The molecule has 0 aliphatic carbocycles. The van der Waals surface area contributed by atoms with Crippen LogP contribution < -0.4 is 0 Å². The number of rotatable bonds is 4. The molecule has 0 amide bonds. The average molecular weight is 375 g/mol. The van der Waals surface area contributed by atoms with E-state index >= 15 is 0 Å². The molecule has 0 N–H and O–H groups in total. The second kappa shape index (κ2) is 7.60. The van der Waals surface area contributed by atoms with Crippen molar-refractivity contribution in [1.82, 2.24) is 9.47 Å². The highest BCUT2D eigenvalue weighted by Crippen LogP contribution is 2.34. The first-order valence-corrected chi connectivity index (χ1v) is 9.72. The van der Waals surface area contributed by atoms with Gasteiger partial charge in [0.15, 0.2) is 0 Å². The summed E-state index contributed by atoms with van der Waals surface area (Å²) in [4.78, 5) is 13.1. The molecular weight excluding hydrogens is 350 g/mol. The van der Waals surface area contributed by atoms with Gasteiger partial charge in [-0.25, -0.2) is 0 Å². The second-order valence-corrected chi connectivity index (χ2v) is 7.62. The van der Waals surface area contributed by atoms with Crippen molar-refractivity contribution in [1.29, 1.82) is 0 Å². The SMILES string of the molecule is Cc1ccc(C2c3cccn3CCCN2Cc2ccc([N+](=O)[O-])cc2)cc1C. The highest BCUT2D eigenvalue weighted by molar-refractivity contribution is 5.37. The first-order chi connectivity index (χ1) is 13.5. The van der Waals surface area contributed by atoms with E-state index in [1.165, 1.54) is 22.4 Å². The summed E-state index contributed by atoms with van der Waals surface area (Å²) in [5.41, 5.74) is 6.44. The maximum Gasteiger partial charge on any atom is 0.269 e. The number of hydrogen-bond acceptors (Lipinski definition) is 3. The number of nitro benzene ring substituents is 1. The van der Waals surface area contributed by atoms with Gasteiger partial charge in [0.05, 0.1) is 11.0 Å². The molecule has 144 valence electrons. The van der Waals surface area contributed by atoms with E-state index in [-0.39, 0.29) is 16.7 Å². The Bertz CT molecular complexity index is 991. The van der Waals surface area contributed by atoms with E-state index in [1.807, 2.05) is 12.1 Å². The maximum absolute atomic E-state index is 10.9. The topological polar surface area (TPSA) is 51.3 Å². The highest BCUT2D eigenvalue weighted by atomic mass is 16.6. The summed E-state index contributed by atoms with van der Waals surface area (Å²) in [6, 6.07) is 18.2. The fourth-order valence-electron chi connectivity index (χ4n) is 4.08. The molecule has 5 nitrogen and oxygen atoms in total. The molecule has 2 heterocycles. The molecule has 4 rings (SSSR count). The summed E-state index contributed by atoms with van der Waals surface area (Å²) in [7, 11) is 0. The van der Waals surface area contributed by atoms with Crippen molar-refractivity contribution in [2.24, 2.45) is 0 Å². The Hall–Kier alpha value is -2.92. The van der Waals surface area contributed by atoms with Crippen LogP contribution in [0.5, 0.6) is 0 Å². The van der Waals surface area contributed by atoms with E-state index in [0.29, 0.717) is 0 Å². The van der Waals surface area contributed by atoms with Gasteiger partial charge >= 0.3 is 0 Å². The standard InChI is InChI=1S/C23H25N3O2/c1-17-6-9-20(15-18(17)2)23-22-5-3-12-24(22)13-4-14-25(23)16-19-7-10-21(11-8-19)26(27)28/h3,5-12,15,23H,4,13-14,16H2,1-2H3. The van der Waals surface area contributed by atoms with Crippen LogP contribution >= 0.6 is 0 Å². The molecule has 3 aromatic rings. The Morgan fingerprint density at radius 3 is 2.54 bits per heavy atom. The summed E-state index contributed by atoms with van der Waals surface area (Å²) >= 11 is 0. The Kier molecular flexibility index (Phi) is 5.01. The number of benzene rings is 2. The molecule has 0 radical (unpaired) electrons. The fourth-order valence-corrected chi connectivity index (χ4v) is 4.08. The van der Waals surface area contributed by atoms with Gasteiger partial charge in [0.25, 0.3) is 5.69 Å². The quantitative estimate of drug-likeness (QED) is 0.476. The maximum atomic E-state index is 10.9. The third kappa shape index (κ3) is 3.58. The number of nitro groups is 1. The zero-order chi connectivity index (χ0) is 19.7. The van der Waals surface area contributed by atoms with E-state index in [1.54, 1.807) is 12.1 Å². The molecule has 0 saturated carbocycles. The van der Waals surface area contributed by atoms with Gasteiger partial charge in [-0.3, -0.25) is 15.0 Å². The summed E-state index contributed by atoms with van der Waals surface area (Å²) < 4.78 is 2.36. The van der Waals surface area contributed by atoms with Gasteiger partial charge in [-0.2, -0.15) is 0 Å². The normalized spacial score (nSPS) is 17.1. The lowest BCUT2D eigenvalue weighted by Crippen LogP contribution is -2.29. The van der Waals surface area contributed by atoms with Crippen molar-refractivity contribution in [3.05, 3.63) is 98.9 Å². The zero-order valence-corrected chi connectivity index (χ0v) is 16.3. The van der Waals surface area contributed by atoms with E-state index in [4.69, 9.17) is 0 Å². The molecule has 1 aromatic heterocycles. The fraction of sp³-hybridized carbons (Fsp3) is 0.304. The molecule has 1 aliphatic heterocycles. The van der Waals surface area contributed by atoms with Gasteiger partial charge in [0, 0.05) is 43.7 Å². The number of nitrogens with zero attached hydrogens (tertiary/aromatic N) is 3. The van der Waals surface area contributed by atoms with Gasteiger partial charge in [-0.05, 0) is 54.7 Å². The molecule has 1 atom stereocenters. The molecule has 5 heteroatoms. The van der Waals surface area contributed by atoms with Crippen LogP contribution in [-0.2, 0) is 13.1 Å². The van der Waals surface area contributed by atoms with Crippen LogP contribution in [-0.4, -0.2) is 20.9 Å². The molecule has 0 saturated heterocycles. The van der Waals surface area contributed by atoms with Crippen molar-refractivity contribution < 1.29 is 4.92 Å². The number of fused-ring (bicyclic) bond motifs is 1. The van der Waals surface area contributed by atoms with Crippen LogP contribution in [0.1, 0.15) is 40.4 Å². The molecule has 1 unspecified atom stereocenters. The Morgan fingerprint density at radius 2 is 1.82 bits per heavy atom. The van der Waals surface area contributed by atoms with Gasteiger partial charge in [-0.1, -0.05) is 30.3 Å². The lowest BCUT2D eigenvalue weighted by Gasteiger charge is -2.31. The minimum atomic E-state index is -0.347. The first-order valence-electron chi connectivity index (χ1n) is 9.72. The van der Waals surface area contributed by atoms with Crippen LogP contribution in [0, 0.1) is 24.0 Å². The van der Waals surface area contributed by atoms with Crippen molar-refractivity contribution >= 4 is 5.69 Å². The average Bonchev–Trinajstić information content (AvgIpc) is 3.06. The molecule has 0 fully saturated rings. The highest BCUT2D eigenvalue weighted by Gasteiger charge is 2.27. The number of non-ortho nitro benzene ring substituents is 1. The van der Waals surface area contributed by atoms with Crippen LogP contribution in [0.15, 0.2) is 60.8 Å². The number of aromatic nitrogens is 1. The third-order valence-corrected chi connectivity index (χ3v) is 5.73. The van der Waals surface area contributed by atoms with Crippen LogP contribution in [0.4, 0.5) is 5.69 Å². The summed E-state index contributed by atoms with van der Waals surface area (Å²) in [6.45, 7) is 7.07. The van der Waals surface area contributed by atoms with Crippen molar-refractivity contribution in [2.75, 3.05) is 6.54 Å². The van der Waals surface area contributed by atoms with Crippen molar-refractivity contribution in [3.8, 4) is 0 Å². The van der Waals surface area contributed by atoms with Gasteiger partial charge in [0.1, 0.15) is 0 Å². The minimum absolute atomic E-state index is 0.138. The van der Waals surface area contributed by atoms with Gasteiger partial charge in [-0.15, -0.1) is 0 Å². The van der Waals surface area contributed by atoms with E-state index in [0.717, 1.165) is 31.6 Å². The monoisotopic (exact) mass is 375 g/mol. The van der Waals surface area contributed by atoms with Gasteiger partial charge < -0.3 is 4.57 Å². The van der Waals surface area contributed by atoms with Crippen LogP contribution in [0.3, 0.4) is 0 Å². The second-order valence-electron chi connectivity index (χ2n) is 7.62. The molecular formula is C23H25N3O2. The molecule has 1 aliphatic rings. The number of hydrogen-bond donors (Lipinski definition) is 0. The lowest BCUT2D eigenvalue weighted by molar-refractivity contribution is -0.384.